The standard InChI is InChI=1S/C34H46NSi/c1-24-32(27-11-7-8-12-27)22-30(25-9-5-6-10-25)23-33(24)34-31-14-13-28(21-29(31)15-18-35(34)2)26-16-19-36(3,4)20-17-26/h13-15,18,21-23,25-27H,5-12,16-17,19-20H2,1-4H3/q+1/i15D,18D. The van der Waals surface area contributed by atoms with Crippen LogP contribution >= 0.6 is 0 Å². The predicted octanol–water partition coefficient (Wildman–Crippen LogP) is 9.54. The van der Waals surface area contributed by atoms with Gasteiger partial charge in [0.1, 0.15) is 8.42 Å². The zero-order valence-electron chi connectivity index (χ0n) is 25.1. The van der Waals surface area contributed by atoms with E-state index in [9.17, 15) is 0 Å². The van der Waals surface area contributed by atoms with Crippen molar-refractivity contribution in [3.63, 3.8) is 0 Å². The van der Waals surface area contributed by atoms with Crippen LogP contribution in [0.2, 0.25) is 25.2 Å². The second-order valence-corrected chi connectivity index (χ2v) is 18.5. The fourth-order valence-electron chi connectivity index (χ4n) is 7.73. The minimum Gasteiger partial charge on any atom is -0.200 e. The number of pyridine rings is 1. The van der Waals surface area contributed by atoms with Crippen LogP contribution in [0.1, 0.15) is 107 Å². The van der Waals surface area contributed by atoms with E-state index in [0.717, 1.165) is 16.5 Å². The summed E-state index contributed by atoms with van der Waals surface area (Å²) in [5.74, 6) is 1.94. The fourth-order valence-corrected chi connectivity index (χ4v) is 10.2. The Morgan fingerprint density at radius 1 is 0.806 bits per heavy atom. The van der Waals surface area contributed by atoms with Crippen LogP contribution < -0.4 is 4.57 Å². The van der Waals surface area contributed by atoms with Crippen LogP contribution in [-0.2, 0) is 7.05 Å². The highest BCUT2D eigenvalue weighted by Gasteiger charge is 2.30. The van der Waals surface area contributed by atoms with Gasteiger partial charge < -0.3 is 0 Å². The van der Waals surface area contributed by atoms with Crippen molar-refractivity contribution in [2.75, 3.05) is 0 Å². The molecule has 3 fully saturated rings. The summed E-state index contributed by atoms with van der Waals surface area (Å²) in [5.41, 5.74) is 8.30. The van der Waals surface area contributed by atoms with Crippen LogP contribution in [0.3, 0.4) is 0 Å². The molecule has 0 bridgehead atoms. The number of rotatable bonds is 4. The zero-order chi connectivity index (χ0) is 26.6. The normalized spacial score (nSPS) is 22.3. The molecule has 1 saturated heterocycles. The topological polar surface area (TPSA) is 3.88 Å². The maximum atomic E-state index is 8.98. The molecular formula is C34H46NSi+. The summed E-state index contributed by atoms with van der Waals surface area (Å²) >= 11 is 0. The van der Waals surface area contributed by atoms with E-state index in [1.165, 1.54) is 98.6 Å². The summed E-state index contributed by atoms with van der Waals surface area (Å²) in [6.45, 7) is 7.39. The maximum Gasteiger partial charge on any atom is 0.220 e. The molecule has 3 aliphatic rings. The third-order valence-electron chi connectivity index (χ3n) is 10.1. The first-order valence-electron chi connectivity index (χ1n) is 15.8. The molecule has 0 atom stereocenters. The molecule has 36 heavy (non-hydrogen) atoms. The lowest BCUT2D eigenvalue weighted by Crippen LogP contribution is -2.31. The molecule has 0 unspecified atom stereocenters. The Labute approximate surface area is 223 Å². The SMILES string of the molecule is [2H]c1c([2H])[n+](C)c(-c2cc(C3CCCC3)cc(C3CCCC3)c2C)c2ccc(C3CC[Si](C)(C)CC3)cc12. The van der Waals surface area contributed by atoms with E-state index in [0.29, 0.717) is 30.0 Å². The monoisotopic (exact) mass is 498 g/mol. The third-order valence-corrected chi connectivity index (χ3v) is 13.4. The van der Waals surface area contributed by atoms with Crippen LogP contribution in [0.5, 0.6) is 0 Å². The Bertz CT molecular complexity index is 1360. The largest absolute Gasteiger partial charge is 0.220 e. The lowest BCUT2D eigenvalue weighted by atomic mass is 9.83. The lowest BCUT2D eigenvalue weighted by Gasteiger charge is -2.33. The first-order valence-corrected chi connectivity index (χ1v) is 18.2. The lowest BCUT2D eigenvalue weighted by molar-refractivity contribution is -0.659. The van der Waals surface area contributed by atoms with E-state index in [1.54, 1.807) is 5.56 Å². The Morgan fingerprint density at radius 2 is 1.44 bits per heavy atom. The van der Waals surface area contributed by atoms with Crippen LogP contribution in [-0.4, -0.2) is 8.07 Å². The van der Waals surface area contributed by atoms with Crippen molar-refractivity contribution in [1.29, 1.82) is 0 Å². The van der Waals surface area contributed by atoms with Crippen molar-refractivity contribution < 1.29 is 7.31 Å². The average molecular weight is 499 g/mol. The van der Waals surface area contributed by atoms with Crippen molar-refractivity contribution in [2.45, 2.75) is 114 Å². The smallest absolute Gasteiger partial charge is 0.200 e. The van der Waals surface area contributed by atoms with Crippen molar-refractivity contribution >= 4 is 18.8 Å². The molecule has 1 nitrogen and oxygen atoms in total. The number of benzene rings is 2. The molecule has 2 saturated carbocycles. The van der Waals surface area contributed by atoms with Crippen molar-refractivity contribution in [2.24, 2.45) is 7.05 Å². The molecule has 0 radical (unpaired) electrons. The number of aromatic nitrogens is 1. The summed E-state index contributed by atoms with van der Waals surface area (Å²) in [7, 11) is 0.998. The second kappa shape index (κ2) is 9.75. The van der Waals surface area contributed by atoms with Crippen molar-refractivity contribution in [1.82, 2.24) is 0 Å². The van der Waals surface area contributed by atoms with E-state index in [1.807, 2.05) is 11.6 Å². The first kappa shape index (κ1) is 22.1. The number of fused-ring (bicyclic) bond motifs is 1. The maximum absolute atomic E-state index is 8.98. The van der Waals surface area contributed by atoms with Crippen molar-refractivity contribution in [3.8, 4) is 11.3 Å². The Kier molecular flexibility index (Phi) is 5.98. The Morgan fingerprint density at radius 3 is 2.14 bits per heavy atom. The molecular weight excluding hydrogens is 450 g/mol. The first-order chi connectivity index (χ1) is 18.2. The highest BCUT2D eigenvalue weighted by atomic mass is 28.3. The molecule has 3 aromatic rings. The quantitative estimate of drug-likeness (QED) is 0.249. The molecule has 2 aliphatic carbocycles. The predicted molar refractivity (Wildman–Crippen MR) is 157 cm³/mol. The average Bonchev–Trinajstić information content (AvgIpc) is 3.63. The van der Waals surface area contributed by atoms with Gasteiger partial charge in [0.15, 0.2) is 6.17 Å². The highest BCUT2D eigenvalue weighted by Crippen LogP contribution is 2.44. The van der Waals surface area contributed by atoms with Gasteiger partial charge in [0.05, 0.1) is 12.3 Å². The van der Waals surface area contributed by atoms with Gasteiger partial charge in [0.2, 0.25) is 5.69 Å². The molecule has 2 heteroatoms. The minimum absolute atomic E-state index is 0.329. The third kappa shape index (κ3) is 4.60. The number of hydrogen-bond donors (Lipinski definition) is 0. The van der Waals surface area contributed by atoms with Crippen molar-refractivity contribution in [3.05, 3.63) is 64.8 Å². The molecule has 1 aromatic heterocycles. The van der Waals surface area contributed by atoms with Crippen LogP contribution in [0.15, 0.2) is 42.5 Å². The zero-order valence-corrected chi connectivity index (χ0v) is 24.1. The molecule has 0 amide bonds. The number of hydrogen-bond acceptors (Lipinski definition) is 0. The Balaban J connectivity index is 1.52. The van der Waals surface area contributed by atoms with Gasteiger partial charge in [-0.2, -0.15) is 0 Å². The van der Waals surface area contributed by atoms with Gasteiger partial charge in [-0.15, -0.1) is 0 Å². The van der Waals surface area contributed by atoms with E-state index >= 15 is 0 Å². The highest BCUT2D eigenvalue weighted by molar-refractivity contribution is 6.77. The van der Waals surface area contributed by atoms with Crippen LogP contribution in [0.4, 0.5) is 0 Å². The summed E-state index contributed by atoms with van der Waals surface area (Å²) in [4.78, 5) is 0. The van der Waals surface area contributed by atoms with Gasteiger partial charge >= 0.3 is 0 Å². The van der Waals surface area contributed by atoms with E-state index in [-0.39, 0.29) is 0 Å². The Hall–Kier alpha value is -1.93. The van der Waals surface area contributed by atoms with Crippen LogP contribution in [0.25, 0.3) is 22.0 Å². The van der Waals surface area contributed by atoms with Gasteiger partial charge in [-0.25, -0.2) is 4.57 Å². The van der Waals surface area contributed by atoms with E-state index in [2.05, 4.69) is 50.3 Å². The van der Waals surface area contributed by atoms with Gasteiger partial charge in [-0.05, 0) is 103 Å². The fraction of sp³-hybridized carbons (Fsp3) is 0.559. The molecule has 0 spiro atoms. The summed E-state index contributed by atoms with van der Waals surface area (Å²) < 4.78 is 19.9. The number of nitrogens with zero attached hydrogens (tertiary/aromatic N) is 1. The molecule has 2 heterocycles. The van der Waals surface area contributed by atoms with Gasteiger partial charge in [0, 0.05) is 14.1 Å². The molecule has 190 valence electrons. The minimum atomic E-state index is -1.01. The van der Waals surface area contributed by atoms with E-state index < -0.39 is 8.07 Å². The summed E-state index contributed by atoms with van der Waals surface area (Å²) in [5, 5.41) is 2.11. The molecule has 2 aromatic carbocycles. The molecule has 6 rings (SSSR count). The molecule has 0 N–H and O–H groups in total. The molecule has 1 aliphatic heterocycles. The van der Waals surface area contributed by atoms with Gasteiger partial charge in [-0.1, -0.05) is 69.1 Å². The summed E-state index contributed by atoms with van der Waals surface area (Å²) in [6.07, 6.45) is 13.5. The van der Waals surface area contributed by atoms with Crippen LogP contribution in [0, 0.1) is 6.92 Å². The van der Waals surface area contributed by atoms with E-state index in [4.69, 9.17) is 2.74 Å². The van der Waals surface area contributed by atoms with Gasteiger partial charge in [0.25, 0.3) is 0 Å². The van der Waals surface area contributed by atoms with Gasteiger partial charge in [-0.3, -0.25) is 0 Å². The second-order valence-electron chi connectivity index (χ2n) is 13.1. The summed E-state index contributed by atoms with van der Waals surface area (Å²) in [6, 6.07) is 15.2.